The zero-order valence-corrected chi connectivity index (χ0v) is 10.3. The Hall–Kier alpha value is -1.16. The summed E-state index contributed by atoms with van der Waals surface area (Å²) in [6.07, 6.45) is 1.62. The van der Waals surface area contributed by atoms with Gasteiger partial charge in [-0.15, -0.1) is 0 Å². The number of rotatable bonds is 3. The molecule has 1 amide bonds. The van der Waals surface area contributed by atoms with Gasteiger partial charge in [-0.25, -0.2) is 5.43 Å². The van der Waals surface area contributed by atoms with E-state index in [1.165, 1.54) is 0 Å². The van der Waals surface area contributed by atoms with Gasteiger partial charge in [0.05, 0.1) is 6.21 Å². The molecule has 0 bridgehead atoms. The van der Waals surface area contributed by atoms with Crippen molar-refractivity contribution < 1.29 is 4.79 Å². The van der Waals surface area contributed by atoms with Crippen molar-refractivity contribution in [2.24, 2.45) is 11.0 Å². The van der Waals surface area contributed by atoms with Crippen molar-refractivity contribution in [3.63, 3.8) is 0 Å². The minimum absolute atomic E-state index is 0.0490. The molecule has 0 spiro atoms. The first-order valence-corrected chi connectivity index (χ1v) is 5.47. The van der Waals surface area contributed by atoms with E-state index in [0.29, 0.717) is 0 Å². The molecular weight excluding hydrogens is 256 g/mol. The molecule has 0 saturated carbocycles. The van der Waals surface area contributed by atoms with E-state index in [4.69, 9.17) is 0 Å². The lowest BCUT2D eigenvalue weighted by Gasteiger charge is -2.01. The van der Waals surface area contributed by atoms with E-state index in [1.807, 2.05) is 38.1 Å². The van der Waals surface area contributed by atoms with Crippen molar-refractivity contribution in [1.82, 2.24) is 5.43 Å². The van der Waals surface area contributed by atoms with Crippen molar-refractivity contribution in [2.45, 2.75) is 13.8 Å². The largest absolute Gasteiger partial charge is 0.273 e. The van der Waals surface area contributed by atoms with Gasteiger partial charge in [-0.05, 0) is 17.7 Å². The van der Waals surface area contributed by atoms with E-state index in [9.17, 15) is 4.79 Å². The molecule has 0 heterocycles. The molecule has 0 aliphatic heterocycles. The maximum Gasteiger partial charge on any atom is 0.242 e. The van der Waals surface area contributed by atoms with Gasteiger partial charge in [-0.1, -0.05) is 41.9 Å². The van der Waals surface area contributed by atoms with Crippen molar-refractivity contribution in [2.75, 3.05) is 0 Å². The summed E-state index contributed by atoms with van der Waals surface area (Å²) in [4.78, 5) is 11.2. The highest BCUT2D eigenvalue weighted by atomic mass is 79.9. The topological polar surface area (TPSA) is 41.5 Å². The third kappa shape index (κ3) is 4.25. The Morgan fingerprint density at radius 2 is 2.00 bits per heavy atom. The number of carbonyl (C=O) groups excluding carboxylic acids is 1. The lowest BCUT2D eigenvalue weighted by Crippen LogP contribution is -2.22. The Morgan fingerprint density at radius 1 is 1.40 bits per heavy atom. The Balaban J connectivity index is 2.51. The summed E-state index contributed by atoms with van der Waals surface area (Å²) in [6.45, 7) is 3.65. The summed E-state index contributed by atoms with van der Waals surface area (Å²) >= 11 is 3.34. The van der Waals surface area contributed by atoms with Gasteiger partial charge >= 0.3 is 0 Å². The van der Waals surface area contributed by atoms with E-state index in [2.05, 4.69) is 26.5 Å². The van der Waals surface area contributed by atoms with E-state index >= 15 is 0 Å². The molecule has 0 aliphatic carbocycles. The van der Waals surface area contributed by atoms with Crippen LogP contribution in [-0.4, -0.2) is 12.1 Å². The van der Waals surface area contributed by atoms with E-state index < -0.39 is 0 Å². The number of halogens is 1. The Morgan fingerprint density at radius 3 is 2.53 bits per heavy atom. The number of benzene rings is 1. The smallest absolute Gasteiger partial charge is 0.242 e. The molecule has 1 aromatic rings. The molecule has 1 aromatic carbocycles. The van der Waals surface area contributed by atoms with Crippen LogP contribution in [0.4, 0.5) is 0 Å². The van der Waals surface area contributed by atoms with Gasteiger partial charge in [0.1, 0.15) is 0 Å². The predicted octanol–water partition coefficient (Wildman–Crippen LogP) is 2.56. The molecule has 0 saturated heterocycles. The highest BCUT2D eigenvalue weighted by Crippen LogP contribution is 2.08. The lowest BCUT2D eigenvalue weighted by atomic mass is 10.2. The van der Waals surface area contributed by atoms with Crippen molar-refractivity contribution in [3.8, 4) is 0 Å². The summed E-state index contributed by atoms with van der Waals surface area (Å²) in [5, 5.41) is 3.85. The van der Waals surface area contributed by atoms with Gasteiger partial charge in [-0.3, -0.25) is 4.79 Å². The summed E-state index contributed by atoms with van der Waals surface area (Å²) in [5.41, 5.74) is 3.41. The fourth-order valence-electron chi connectivity index (χ4n) is 0.848. The van der Waals surface area contributed by atoms with Crippen LogP contribution < -0.4 is 5.43 Å². The SMILES string of the molecule is CC(C)C(=O)NN=Cc1ccc(Br)cc1. The Bertz CT molecular complexity index is 357. The summed E-state index contributed by atoms with van der Waals surface area (Å²) in [6, 6.07) is 7.67. The normalized spacial score (nSPS) is 10.9. The Labute approximate surface area is 97.7 Å². The molecule has 0 unspecified atom stereocenters. The number of amides is 1. The van der Waals surface area contributed by atoms with Crippen molar-refractivity contribution in [1.29, 1.82) is 0 Å². The minimum Gasteiger partial charge on any atom is -0.273 e. The highest BCUT2D eigenvalue weighted by Gasteiger charge is 2.03. The first kappa shape index (κ1) is 11.9. The molecule has 15 heavy (non-hydrogen) atoms. The number of nitrogens with zero attached hydrogens (tertiary/aromatic N) is 1. The fraction of sp³-hybridized carbons (Fsp3) is 0.273. The second-order valence-electron chi connectivity index (χ2n) is 3.44. The number of carbonyl (C=O) groups is 1. The van der Waals surface area contributed by atoms with Gasteiger partial charge in [0.2, 0.25) is 5.91 Å². The fourth-order valence-corrected chi connectivity index (χ4v) is 1.11. The number of hydrogen-bond donors (Lipinski definition) is 1. The second-order valence-corrected chi connectivity index (χ2v) is 4.36. The third-order valence-electron chi connectivity index (χ3n) is 1.78. The molecule has 0 radical (unpaired) electrons. The predicted molar refractivity (Wildman–Crippen MR) is 64.7 cm³/mol. The van der Waals surface area contributed by atoms with Gasteiger partial charge in [0.15, 0.2) is 0 Å². The van der Waals surface area contributed by atoms with Crippen LogP contribution in [0.1, 0.15) is 19.4 Å². The third-order valence-corrected chi connectivity index (χ3v) is 2.31. The molecule has 4 heteroatoms. The number of nitrogens with one attached hydrogen (secondary N) is 1. The Kier molecular flexibility index (Phi) is 4.49. The van der Waals surface area contributed by atoms with Crippen LogP contribution in [0, 0.1) is 5.92 Å². The van der Waals surface area contributed by atoms with Crippen LogP contribution >= 0.6 is 15.9 Å². The maximum absolute atomic E-state index is 11.2. The molecule has 0 atom stereocenters. The number of hydrazone groups is 1. The summed E-state index contributed by atoms with van der Waals surface area (Å²) in [7, 11) is 0. The zero-order chi connectivity index (χ0) is 11.3. The minimum atomic E-state index is -0.0802. The van der Waals surface area contributed by atoms with Crippen LogP contribution in [0.15, 0.2) is 33.8 Å². The molecule has 3 nitrogen and oxygen atoms in total. The monoisotopic (exact) mass is 268 g/mol. The van der Waals surface area contributed by atoms with Crippen LogP contribution in [0.5, 0.6) is 0 Å². The average Bonchev–Trinajstić information content (AvgIpc) is 2.20. The van der Waals surface area contributed by atoms with Gasteiger partial charge in [-0.2, -0.15) is 5.10 Å². The summed E-state index contributed by atoms with van der Waals surface area (Å²) in [5.74, 6) is -0.129. The van der Waals surface area contributed by atoms with Crippen LogP contribution in [-0.2, 0) is 4.79 Å². The van der Waals surface area contributed by atoms with E-state index in [1.54, 1.807) is 6.21 Å². The zero-order valence-electron chi connectivity index (χ0n) is 8.70. The van der Waals surface area contributed by atoms with Crippen molar-refractivity contribution in [3.05, 3.63) is 34.3 Å². The first-order valence-electron chi connectivity index (χ1n) is 4.68. The molecule has 0 fully saturated rings. The lowest BCUT2D eigenvalue weighted by molar-refractivity contribution is -0.123. The van der Waals surface area contributed by atoms with Crippen LogP contribution in [0.2, 0.25) is 0 Å². The van der Waals surface area contributed by atoms with Crippen LogP contribution in [0.3, 0.4) is 0 Å². The molecular formula is C11H13BrN2O. The first-order chi connectivity index (χ1) is 7.09. The van der Waals surface area contributed by atoms with Crippen molar-refractivity contribution >= 4 is 28.1 Å². The molecule has 1 N–H and O–H groups in total. The molecule has 80 valence electrons. The quantitative estimate of drug-likeness (QED) is 0.665. The second kappa shape index (κ2) is 5.66. The van der Waals surface area contributed by atoms with Gasteiger partial charge < -0.3 is 0 Å². The summed E-state index contributed by atoms with van der Waals surface area (Å²) < 4.78 is 1.02. The molecule has 1 rings (SSSR count). The van der Waals surface area contributed by atoms with Crippen LogP contribution in [0.25, 0.3) is 0 Å². The maximum atomic E-state index is 11.2. The van der Waals surface area contributed by atoms with Gasteiger partial charge in [0, 0.05) is 10.4 Å². The highest BCUT2D eigenvalue weighted by molar-refractivity contribution is 9.10. The van der Waals surface area contributed by atoms with E-state index in [0.717, 1.165) is 10.0 Å². The molecule has 0 aliphatic rings. The average molecular weight is 269 g/mol. The number of hydrogen-bond acceptors (Lipinski definition) is 2. The molecule has 0 aromatic heterocycles. The van der Waals surface area contributed by atoms with E-state index in [-0.39, 0.29) is 11.8 Å². The standard InChI is InChI=1S/C11H13BrN2O/c1-8(2)11(15)14-13-7-9-3-5-10(12)6-4-9/h3-8H,1-2H3,(H,14,15). The van der Waals surface area contributed by atoms with Gasteiger partial charge in [0.25, 0.3) is 0 Å².